The van der Waals surface area contributed by atoms with Gasteiger partial charge in [-0.05, 0) is 27.7 Å². The smallest absolute Gasteiger partial charge is 0.419 e. The Morgan fingerprint density at radius 3 is 2.26 bits per heavy atom. The van der Waals surface area contributed by atoms with Gasteiger partial charge in [0.05, 0.1) is 11.1 Å². The van der Waals surface area contributed by atoms with Crippen molar-refractivity contribution in [2.45, 2.75) is 52.1 Å². The molecule has 9 nitrogen and oxygen atoms in total. The Labute approximate surface area is 200 Å². The molecule has 2 aromatic heterocycles. The molecule has 1 saturated heterocycles. The summed E-state index contributed by atoms with van der Waals surface area (Å²) in [6.45, 7) is 8.16. The summed E-state index contributed by atoms with van der Waals surface area (Å²) in [5.41, 5.74) is -1.44. The maximum atomic E-state index is 14.4. The second-order valence-corrected chi connectivity index (χ2v) is 9.30. The van der Waals surface area contributed by atoms with Gasteiger partial charge in [0.15, 0.2) is 5.95 Å². The summed E-state index contributed by atoms with van der Waals surface area (Å²) >= 11 is 0. The Bertz CT molecular complexity index is 1040. The maximum absolute atomic E-state index is 14.4. The van der Waals surface area contributed by atoms with E-state index < -0.39 is 35.4 Å². The van der Waals surface area contributed by atoms with Crippen LogP contribution < -0.4 is 10.2 Å². The van der Waals surface area contributed by atoms with Crippen molar-refractivity contribution in [3.05, 3.63) is 41.7 Å². The van der Waals surface area contributed by atoms with Crippen molar-refractivity contribution >= 4 is 17.9 Å². The summed E-state index contributed by atoms with van der Waals surface area (Å²) in [4.78, 5) is 35.5. The number of amides is 2. The molecule has 1 fully saturated rings. The topological polar surface area (TPSA) is 92.6 Å². The van der Waals surface area contributed by atoms with E-state index in [9.17, 15) is 27.2 Å². The van der Waals surface area contributed by atoms with E-state index in [0.29, 0.717) is 13.1 Å². The van der Waals surface area contributed by atoms with E-state index in [1.54, 1.807) is 32.6 Å². The molecule has 35 heavy (non-hydrogen) atoms. The van der Waals surface area contributed by atoms with Crippen molar-refractivity contribution in [2.24, 2.45) is 0 Å². The second kappa shape index (κ2) is 10.1. The molecular formula is C22H28F4N6O3. The summed E-state index contributed by atoms with van der Waals surface area (Å²) in [7, 11) is 0. The summed E-state index contributed by atoms with van der Waals surface area (Å²) in [6.07, 6.45) is -2.30. The molecule has 2 aromatic rings. The Morgan fingerprint density at radius 2 is 1.71 bits per heavy atom. The predicted octanol–water partition coefficient (Wildman–Crippen LogP) is 3.31. The number of rotatable bonds is 5. The molecule has 3 rings (SSSR count). The standard InChI is InChI=1S/C22H28F4N6O3/c1-14(29-20(34)35-21(2,3)4)12-32-13-15(9-17(32)23)18(33)30-5-7-31(8-6-30)19-27-10-16(11-28-19)22(24,25)26/h9-11,13-14H,5-8,12H2,1-4H3,(H,29,34). The number of aromatic nitrogens is 3. The van der Waals surface area contributed by atoms with Gasteiger partial charge in [0.2, 0.25) is 5.95 Å². The third kappa shape index (κ3) is 7.06. The van der Waals surface area contributed by atoms with Gasteiger partial charge in [0.25, 0.3) is 5.91 Å². The summed E-state index contributed by atoms with van der Waals surface area (Å²) in [6, 6.07) is 0.676. The van der Waals surface area contributed by atoms with Gasteiger partial charge < -0.3 is 24.4 Å². The minimum absolute atomic E-state index is 0.0946. The molecule has 0 radical (unpaired) electrons. The van der Waals surface area contributed by atoms with E-state index >= 15 is 0 Å². The third-order valence-corrected chi connectivity index (χ3v) is 5.14. The lowest BCUT2D eigenvalue weighted by molar-refractivity contribution is -0.138. The van der Waals surface area contributed by atoms with Crippen LogP contribution in [0.2, 0.25) is 0 Å². The summed E-state index contributed by atoms with van der Waals surface area (Å²) < 4.78 is 58.9. The average molecular weight is 500 g/mol. The highest BCUT2D eigenvalue weighted by molar-refractivity contribution is 5.94. The molecule has 0 bridgehead atoms. The maximum Gasteiger partial charge on any atom is 0.419 e. The lowest BCUT2D eigenvalue weighted by atomic mass is 10.2. The van der Waals surface area contributed by atoms with Gasteiger partial charge in [0, 0.05) is 63.4 Å². The van der Waals surface area contributed by atoms with E-state index in [2.05, 4.69) is 15.3 Å². The number of halogens is 4. The average Bonchev–Trinajstić information content (AvgIpc) is 3.11. The Hall–Kier alpha value is -3.38. The SMILES string of the molecule is CC(Cn1cc(C(=O)N2CCN(c3ncc(C(F)(F)F)cn3)CC2)cc1F)NC(=O)OC(C)(C)C. The van der Waals surface area contributed by atoms with Crippen LogP contribution in [0.15, 0.2) is 24.7 Å². The molecule has 13 heteroatoms. The molecule has 1 N–H and O–H groups in total. The van der Waals surface area contributed by atoms with Gasteiger partial charge in [-0.15, -0.1) is 0 Å². The van der Waals surface area contributed by atoms with Crippen LogP contribution in [0, 0.1) is 5.95 Å². The number of nitrogens with zero attached hydrogens (tertiary/aromatic N) is 5. The Kier molecular flexibility index (Phi) is 7.56. The first-order chi connectivity index (χ1) is 16.2. The summed E-state index contributed by atoms with van der Waals surface area (Å²) in [5, 5.41) is 2.62. The first-order valence-electron chi connectivity index (χ1n) is 11.0. The van der Waals surface area contributed by atoms with Crippen LogP contribution in [0.5, 0.6) is 0 Å². The molecule has 0 aromatic carbocycles. The highest BCUT2D eigenvalue weighted by Crippen LogP contribution is 2.28. The second-order valence-electron chi connectivity index (χ2n) is 9.30. The van der Waals surface area contributed by atoms with Crippen LogP contribution in [0.25, 0.3) is 0 Å². The van der Waals surface area contributed by atoms with Gasteiger partial charge in [-0.25, -0.2) is 14.8 Å². The van der Waals surface area contributed by atoms with Crippen LogP contribution in [0.3, 0.4) is 0 Å². The fourth-order valence-electron chi connectivity index (χ4n) is 3.51. The monoisotopic (exact) mass is 500 g/mol. The van der Waals surface area contributed by atoms with Gasteiger partial charge in [-0.3, -0.25) is 4.79 Å². The minimum atomic E-state index is -4.51. The van der Waals surface area contributed by atoms with Gasteiger partial charge >= 0.3 is 12.3 Å². The number of nitrogens with one attached hydrogen (secondary N) is 1. The van der Waals surface area contributed by atoms with Gasteiger partial charge in [0.1, 0.15) is 5.60 Å². The van der Waals surface area contributed by atoms with E-state index in [1.165, 1.54) is 15.7 Å². The fraction of sp³-hybridized carbons (Fsp3) is 0.545. The lowest BCUT2D eigenvalue weighted by Gasteiger charge is -2.34. The third-order valence-electron chi connectivity index (χ3n) is 5.14. The molecule has 0 aliphatic carbocycles. The number of hydrogen-bond acceptors (Lipinski definition) is 6. The van der Waals surface area contributed by atoms with E-state index in [1.807, 2.05) is 0 Å². The van der Waals surface area contributed by atoms with Crippen LogP contribution >= 0.6 is 0 Å². The molecule has 0 spiro atoms. The van der Waals surface area contributed by atoms with Crippen LogP contribution in [-0.4, -0.2) is 69.3 Å². The molecule has 1 unspecified atom stereocenters. The van der Waals surface area contributed by atoms with Crippen molar-refractivity contribution in [2.75, 3.05) is 31.1 Å². The molecule has 1 atom stereocenters. The normalized spacial score (nSPS) is 15.7. The van der Waals surface area contributed by atoms with Crippen molar-refractivity contribution in [3.63, 3.8) is 0 Å². The molecule has 1 aliphatic rings. The zero-order chi connectivity index (χ0) is 26.0. The number of hydrogen-bond donors (Lipinski definition) is 1. The Morgan fingerprint density at radius 1 is 1.11 bits per heavy atom. The van der Waals surface area contributed by atoms with Crippen molar-refractivity contribution < 1.29 is 31.9 Å². The molecular weight excluding hydrogens is 472 g/mol. The van der Waals surface area contributed by atoms with Crippen LogP contribution in [0.1, 0.15) is 43.6 Å². The largest absolute Gasteiger partial charge is 0.444 e. The highest BCUT2D eigenvalue weighted by Gasteiger charge is 2.32. The number of alkyl halides is 3. The number of carbonyl (C=O) groups excluding carboxylic acids is 2. The van der Waals surface area contributed by atoms with Crippen LogP contribution in [-0.2, 0) is 17.5 Å². The number of ether oxygens (including phenoxy) is 1. The van der Waals surface area contributed by atoms with E-state index in [-0.39, 0.29) is 37.1 Å². The molecule has 1 aliphatic heterocycles. The quantitative estimate of drug-likeness (QED) is 0.634. The molecule has 0 saturated carbocycles. The van der Waals surface area contributed by atoms with Crippen molar-refractivity contribution in [3.8, 4) is 0 Å². The predicted molar refractivity (Wildman–Crippen MR) is 118 cm³/mol. The van der Waals surface area contributed by atoms with Crippen molar-refractivity contribution in [1.82, 2.24) is 24.8 Å². The first kappa shape index (κ1) is 26.2. The first-order valence-corrected chi connectivity index (χ1v) is 11.0. The molecule has 192 valence electrons. The van der Waals surface area contributed by atoms with E-state index in [0.717, 1.165) is 18.5 Å². The van der Waals surface area contributed by atoms with Gasteiger partial charge in [-0.2, -0.15) is 17.6 Å². The fourth-order valence-corrected chi connectivity index (χ4v) is 3.51. The number of anilines is 1. The molecule has 2 amide bonds. The number of alkyl carbamates (subject to hydrolysis) is 1. The highest BCUT2D eigenvalue weighted by atomic mass is 19.4. The molecule has 3 heterocycles. The zero-order valence-corrected chi connectivity index (χ0v) is 19.9. The van der Waals surface area contributed by atoms with Crippen molar-refractivity contribution in [1.29, 1.82) is 0 Å². The van der Waals surface area contributed by atoms with E-state index in [4.69, 9.17) is 4.74 Å². The van der Waals surface area contributed by atoms with Crippen LogP contribution in [0.4, 0.5) is 28.3 Å². The number of piperazine rings is 1. The van der Waals surface area contributed by atoms with Gasteiger partial charge in [-0.1, -0.05) is 0 Å². The minimum Gasteiger partial charge on any atom is -0.444 e. The summed E-state index contributed by atoms with van der Waals surface area (Å²) in [5.74, 6) is -0.847. The lowest BCUT2D eigenvalue weighted by Crippen LogP contribution is -2.49. The number of carbonyl (C=O) groups is 2. The Balaban J connectivity index is 1.55. The zero-order valence-electron chi connectivity index (χ0n) is 19.9.